The summed E-state index contributed by atoms with van der Waals surface area (Å²) in [7, 11) is 0. The summed E-state index contributed by atoms with van der Waals surface area (Å²) in [6.45, 7) is 0.0652. The molecule has 1 aliphatic heterocycles. The lowest BCUT2D eigenvalue weighted by Gasteiger charge is -2.16. The van der Waals surface area contributed by atoms with Gasteiger partial charge in [0.2, 0.25) is 0 Å². The van der Waals surface area contributed by atoms with Crippen LogP contribution in [0.25, 0.3) is 0 Å². The molecule has 1 saturated heterocycles. The van der Waals surface area contributed by atoms with Gasteiger partial charge >= 0.3 is 12.0 Å². The number of hydrogen-bond donors (Lipinski definition) is 1. The SMILES string of the molecule is C#CCCN1C(=O)CN(c2cccc(C(=O)O)c2)C1=O. The van der Waals surface area contributed by atoms with Gasteiger partial charge in [-0.3, -0.25) is 14.6 Å². The highest BCUT2D eigenvalue weighted by molar-refractivity contribution is 6.12. The molecule has 1 N–H and O–H groups in total. The standard InChI is InChI=1S/C14H12N2O4/c1-2-3-7-15-12(17)9-16(14(15)20)11-6-4-5-10(8-11)13(18)19/h1,4-6,8H,3,7,9H2,(H,18,19). The molecular formula is C14H12N2O4. The van der Waals surface area contributed by atoms with Crippen LogP contribution in [0.2, 0.25) is 0 Å². The van der Waals surface area contributed by atoms with Crippen molar-refractivity contribution in [3.8, 4) is 12.3 Å². The van der Waals surface area contributed by atoms with Crippen molar-refractivity contribution in [3.63, 3.8) is 0 Å². The second-order valence-corrected chi connectivity index (χ2v) is 4.22. The Hall–Kier alpha value is -2.81. The number of imide groups is 1. The van der Waals surface area contributed by atoms with Gasteiger partial charge in [0, 0.05) is 18.7 Å². The molecule has 0 aliphatic carbocycles. The number of carbonyl (C=O) groups excluding carboxylic acids is 2. The van der Waals surface area contributed by atoms with E-state index in [0.717, 1.165) is 4.90 Å². The molecule has 0 atom stereocenters. The molecule has 0 aromatic heterocycles. The van der Waals surface area contributed by atoms with Crippen molar-refractivity contribution in [2.75, 3.05) is 18.0 Å². The Balaban J connectivity index is 2.24. The van der Waals surface area contributed by atoms with Gasteiger partial charge in [-0.25, -0.2) is 9.59 Å². The Morgan fingerprint density at radius 2 is 2.15 bits per heavy atom. The average molecular weight is 272 g/mol. The van der Waals surface area contributed by atoms with Crippen molar-refractivity contribution >= 4 is 23.6 Å². The predicted molar refractivity (Wildman–Crippen MR) is 71.3 cm³/mol. The molecule has 0 unspecified atom stereocenters. The van der Waals surface area contributed by atoms with E-state index in [0.29, 0.717) is 12.1 Å². The third-order valence-corrected chi connectivity index (χ3v) is 2.94. The number of benzene rings is 1. The molecule has 6 heteroatoms. The molecule has 102 valence electrons. The summed E-state index contributed by atoms with van der Waals surface area (Å²) < 4.78 is 0. The molecule has 1 aliphatic rings. The molecule has 0 saturated carbocycles. The van der Waals surface area contributed by atoms with E-state index in [1.165, 1.54) is 23.1 Å². The second-order valence-electron chi connectivity index (χ2n) is 4.22. The number of carboxylic acid groups (broad SMARTS) is 1. The van der Waals surface area contributed by atoms with Crippen LogP contribution in [0.3, 0.4) is 0 Å². The topological polar surface area (TPSA) is 77.9 Å². The van der Waals surface area contributed by atoms with Crippen LogP contribution in [0.1, 0.15) is 16.8 Å². The van der Waals surface area contributed by atoms with Crippen LogP contribution in [0, 0.1) is 12.3 Å². The largest absolute Gasteiger partial charge is 0.478 e. The van der Waals surface area contributed by atoms with Crippen LogP contribution < -0.4 is 4.90 Å². The highest BCUT2D eigenvalue weighted by Crippen LogP contribution is 2.22. The van der Waals surface area contributed by atoms with Crippen LogP contribution in [0.15, 0.2) is 24.3 Å². The van der Waals surface area contributed by atoms with Gasteiger partial charge in [0.1, 0.15) is 6.54 Å². The number of anilines is 1. The molecule has 1 heterocycles. The molecular weight excluding hydrogens is 260 g/mol. The lowest BCUT2D eigenvalue weighted by atomic mass is 10.2. The summed E-state index contributed by atoms with van der Waals surface area (Å²) in [5.74, 6) is 0.941. The first-order chi connectivity index (χ1) is 9.54. The maximum atomic E-state index is 12.1. The summed E-state index contributed by atoms with van der Waals surface area (Å²) in [4.78, 5) is 37.1. The molecule has 6 nitrogen and oxygen atoms in total. The van der Waals surface area contributed by atoms with Gasteiger partial charge in [0.05, 0.1) is 5.56 Å². The Morgan fingerprint density at radius 3 is 2.80 bits per heavy atom. The number of nitrogens with zero attached hydrogens (tertiary/aromatic N) is 2. The van der Waals surface area contributed by atoms with Gasteiger partial charge in [0.15, 0.2) is 0 Å². The quantitative estimate of drug-likeness (QED) is 0.659. The van der Waals surface area contributed by atoms with Crippen molar-refractivity contribution in [3.05, 3.63) is 29.8 Å². The van der Waals surface area contributed by atoms with Crippen molar-refractivity contribution < 1.29 is 19.5 Å². The van der Waals surface area contributed by atoms with Crippen LogP contribution in [0.4, 0.5) is 10.5 Å². The molecule has 0 bridgehead atoms. The smallest absolute Gasteiger partial charge is 0.335 e. The Bertz CT molecular complexity index is 618. The maximum Gasteiger partial charge on any atom is 0.335 e. The fourth-order valence-electron chi connectivity index (χ4n) is 1.95. The van der Waals surface area contributed by atoms with Crippen LogP contribution >= 0.6 is 0 Å². The Morgan fingerprint density at radius 1 is 1.40 bits per heavy atom. The predicted octanol–water partition coefficient (Wildman–Crippen LogP) is 1.18. The fraction of sp³-hybridized carbons (Fsp3) is 0.214. The highest BCUT2D eigenvalue weighted by Gasteiger charge is 2.36. The van der Waals surface area contributed by atoms with Crippen LogP contribution in [-0.2, 0) is 4.79 Å². The first-order valence-electron chi connectivity index (χ1n) is 5.93. The minimum atomic E-state index is -1.09. The van der Waals surface area contributed by atoms with E-state index in [2.05, 4.69) is 5.92 Å². The normalized spacial score (nSPS) is 14.6. The molecule has 0 spiro atoms. The van der Waals surface area contributed by atoms with Crippen LogP contribution in [0.5, 0.6) is 0 Å². The minimum Gasteiger partial charge on any atom is -0.478 e. The van der Waals surface area contributed by atoms with E-state index in [4.69, 9.17) is 11.5 Å². The monoisotopic (exact) mass is 272 g/mol. The van der Waals surface area contributed by atoms with Gasteiger partial charge in [-0.05, 0) is 18.2 Å². The zero-order chi connectivity index (χ0) is 14.7. The van der Waals surface area contributed by atoms with Crippen LogP contribution in [-0.4, -0.2) is 41.0 Å². The first kappa shape index (κ1) is 13.6. The van der Waals surface area contributed by atoms with E-state index >= 15 is 0 Å². The molecule has 2 rings (SSSR count). The lowest BCUT2D eigenvalue weighted by Crippen LogP contribution is -2.33. The van der Waals surface area contributed by atoms with Gasteiger partial charge < -0.3 is 5.11 Å². The van der Waals surface area contributed by atoms with Gasteiger partial charge in [-0.2, -0.15) is 0 Å². The van der Waals surface area contributed by atoms with Gasteiger partial charge in [-0.15, -0.1) is 12.3 Å². The van der Waals surface area contributed by atoms with E-state index in [-0.39, 0.29) is 24.6 Å². The van der Waals surface area contributed by atoms with E-state index in [9.17, 15) is 14.4 Å². The average Bonchev–Trinajstić information content (AvgIpc) is 2.72. The number of terminal acetylenes is 1. The number of amides is 3. The van der Waals surface area contributed by atoms with Gasteiger partial charge in [0.25, 0.3) is 5.91 Å². The van der Waals surface area contributed by atoms with Crippen molar-refractivity contribution in [2.45, 2.75) is 6.42 Å². The Labute approximate surface area is 115 Å². The third-order valence-electron chi connectivity index (χ3n) is 2.94. The number of carboxylic acids is 1. The fourth-order valence-corrected chi connectivity index (χ4v) is 1.95. The number of hydrogen-bond acceptors (Lipinski definition) is 3. The zero-order valence-corrected chi connectivity index (χ0v) is 10.6. The molecule has 0 radical (unpaired) electrons. The molecule has 1 aromatic rings. The van der Waals surface area contributed by atoms with E-state index in [1.54, 1.807) is 6.07 Å². The minimum absolute atomic E-state index is 0.0600. The van der Waals surface area contributed by atoms with Gasteiger partial charge in [-0.1, -0.05) is 6.07 Å². The Kier molecular flexibility index (Phi) is 3.71. The maximum absolute atomic E-state index is 12.1. The molecule has 3 amide bonds. The van der Waals surface area contributed by atoms with Crippen molar-refractivity contribution in [1.82, 2.24) is 4.90 Å². The molecule has 1 fully saturated rings. The number of urea groups is 1. The summed E-state index contributed by atoms with van der Waals surface area (Å²) in [6.07, 6.45) is 5.41. The molecule has 20 heavy (non-hydrogen) atoms. The van der Waals surface area contributed by atoms with Crippen molar-refractivity contribution in [2.24, 2.45) is 0 Å². The highest BCUT2D eigenvalue weighted by atomic mass is 16.4. The zero-order valence-electron chi connectivity index (χ0n) is 10.6. The van der Waals surface area contributed by atoms with Crippen molar-refractivity contribution in [1.29, 1.82) is 0 Å². The number of aromatic carboxylic acids is 1. The third kappa shape index (κ3) is 2.47. The number of carbonyl (C=O) groups is 3. The van der Waals surface area contributed by atoms with E-state index in [1.807, 2.05) is 0 Å². The summed E-state index contributed by atoms with van der Waals surface area (Å²) >= 11 is 0. The molecule has 1 aromatic carbocycles. The first-order valence-corrected chi connectivity index (χ1v) is 5.93. The summed E-state index contributed by atoms with van der Waals surface area (Å²) in [5, 5.41) is 8.94. The van der Waals surface area contributed by atoms with E-state index < -0.39 is 12.0 Å². The lowest BCUT2D eigenvalue weighted by molar-refractivity contribution is -0.124. The summed E-state index contributed by atoms with van der Waals surface area (Å²) in [6, 6.07) is 5.42. The number of rotatable bonds is 4. The second kappa shape index (κ2) is 5.45. The summed E-state index contributed by atoms with van der Waals surface area (Å²) in [5.41, 5.74) is 0.441.